The summed E-state index contributed by atoms with van der Waals surface area (Å²) in [4.78, 5) is 0. The molecule has 0 saturated heterocycles. The van der Waals surface area contributed by atoms with Gasteiger partial charge in [0.1, 0.15) is 17.4 Å². The molecule has 2 nitrogen and oxygen atoms in total. The summed E-state index contributed by atoms with van der Waals surface area (Å²) in [6, 6.07) is 7.07. The van der Waals surface area contributed by atoms with Gasteiger partial charge in [-0.25, -0.2) is 4.39 Å². The summed E-state index contributed by atoms with van der Waals surface area (Å²) >= 11 is 0. The van der Waals surface area contributed by atoms with Gasteiger partial charge in [0.15, 0.2) is 0 Å². The fourth-order valence-corrected chi connectivity index (χ4v) is 2.78. The van der Waals surface area contributed by atoms with Gasteiger partial charge in [-0.05, 0) is 43.2 Å². The molecule has 1 aliphatic rings. The van der Waals surface area contributed by atoms with Crippen LogP contribution in [0.3, 0.4) is 0 Å². The average Bonchev–Trinajstić information content (AvgIpc) is 2.51. The minimum Gasteiger partial charge on any atom is -0.381 e. The summed E-state index contributed by atoms with van der Waals surface area (Å²) in [6.45, 7) is 4.61. The van der Waals surface area contributed by atoms with Crippen LogP contribution in [0.4, 0.5) is 10.1 Å². The predicted octanol–water partition coefficient (Wildman–Crippen LogP) is 4.47. The van der Waals surface area contributed by atoms with Crippen LogP contribution in [-0.4, -0.2) is 6.04 Å². The lowest BCUT2D eigenvalue weighted by Gasteiger charge is -2.22. The molecule has 0 bridgehead atoms. The van der Waals surface area contributed by atoms with Crippen molar-refractivity contribution in [1.82, 2.24) is 0 Å². The van der Waals surface area contributed by atoms with Gasteiger partial charge in [0.2, 0.25) is 0 Å². The highest BCUT2D eigenvalue weighted by Crippen LogP contribution is 2.35. The summed E-state index contributed by atoms with van der Waals surface area (Å²) in [7, 11) is 0. The number of rotatable bonds is 2. The Morgan fingerprint density at radius 2 is 2.11 bits per heavy atom. The first-order valence-electron chi connectivity index (χ1n) is 6.97. The summed E-state index contributed by atoms with van der Waals surface area (Å²) in [5.41, 5.74) is 1.16. The molecule has 1 N–H and O–H groups in total. The van der Waals surface area contributed by atoms with Crippen molar-refractivity contribution >= 4 is 5.69 Å². The molecule has 1 aromatic rings. The third-order valence-electron chi connectivity index (χ3n) is 4.06. The van der Waals surface area contributed by atoms with Gasteiger partial charge in [-0.15, -0.1) is 0 Å². The minimum atomic E-state index is -0.443. The van der Waals surface area contributed by atoms with E-state index >= 15 is 0 Å². The van der Waals surface area contributed by atoms with Gasteiger partial charge in [0.05, 0.1) is 5.69 Å². The molecular formula is C16H21FN2. The third-order valence-corrected chi connectivity index (χ3v) is 4.06. The molecule has 0 aromatic heterocycles. The van der Waals surface area contributed by atoms with Gasteiger partial charge in [-0.3, -0.25) is 0 Å². The van der Waals surface area contributed by atoms with E-state index in [9.17, 15) is 4.39 Å². The first kappa shape index (κ1) is 13.9. The van der Waals surface area contributed by atoms with Gasteiger partial charge in [-0.1, -0.05) is 26.3 Å². The Bertz CT molecular complexity index is 488. The van der Waals surface area contributed by atoms with E-state index < -0.39 is 5.82 Å². The van der Waals surface area contributed by atoms with E-state index in [1.165, 1.54) is 25.3 Å². The van der Waals surface area contributed by atoms with Crippen molar-refractivity contribution in [3.05, 3.63) is 29.6 Å². The molecule has 0 aliphatic heterocycles. The number of nitriles is 1. The van der Waals surface area contributed by atoms with Crippen molar-refractivity contribution in [2.45, 2.75) is 52.0 Å². The first-order chi connectivity index (χ1) is 9.02. The van der Waals surface area contributed by atoms with E-state index in [1.807, 2.05) is 6.07 Å². The second kappa shape index (κ2) is 5.61. The molecule has 1 atom stereocenters. The topological polar surface area (TPSA) is 35.8 Å². The fraction of sp³-hybridized carbons (Fsp3) is 0.562. The number of nitrogens with zero attached hydrogens (tertiary/aromatic N) is 1. The van der Waals surface area contributed by atoms with Gasteiger partial charge in [0.25, 0.3) is 0 Å². The van der Waals surface area contributed by atoms with Crippen LogP contribution in [-0.2, 0) is 0 Å². The Hall–Kier alpha value is -1.56. The Labute approximate surface area is 114 Å². The molecule has 1 saturated carbocycles. The molecule has 3 heteroatoms. The smallest absolute Gasteiger partial charge is 0.143 e. The van der Waals surface area contributed by atoms with Crippen molar-refractivity contribution in [2.75, 3.05) is 5.32 Å². The van der Waals surface area contributed by atoms with E-state index in [1.54, 1.807) is 12.1 Å². The highest BCUT2D eigenvalue weighted by atomic mass is 19.1. The summed E-state index contributed by atoms with van der Waals surface area (Å²) in [5.74, 6) is -0.443. The largest absolute Gasteiger partial charge is 0.381 e. The highest BCUT2D eigenvalue weighted by Gasteiger charge is 2.24. The SMILES string of the molecule is CC1(C)CCCC(Nc2cccc(F)c2C#N)CC1. The second-order valence-corrected chi connectivity index (χ2v) is 6.21. The van der Waals surface area contributed by atoms with Crippen molar-refractivity contribution in [1.29, 1.82) is 5.26 Å². The van der Waals surface area contributed by atoms with E-state index in [-0.39, 0.29) is 5.56 Å². The first-order valence-corrected chi connectivity index (χ1v) is 6.97. The number of anilines is 1. The van der Waals surface area contributed by atoms with E-state index in [4.69, 9.17) is 5.26 Å². The van der Waals surface area contributed by atoms with Crippen molar-refractivity contribution in [2.24, 2.45) is 5.41 Å². The molecule has 0 heterocycles. The Morgan fingerprint density at radius 3 is 2.84 bits per heavy atom. The molecule has 0 radical (unpaired) electrons. The van der Waals surface area contributed by atoms with E-state index in [2.05, 4.69) is 19.2 Å². The zero-order valence-electron chi connectivity index (χ0n) is 11.7. The zero-order chi connectivity index (χ0) is 13.9. The second-order valence-electron chi connectivity index (χ2n) is 6.21. The average molecular weight is 260 g/mol. The lowest BCUT2D eigenvalue weighted by atomic mass is 9.85. The Balaban J connectivity index is 2.10. The van der Waals surface area contributed by atoms with Crippen LogP contribution in [0, 0.1) is 22.6 Å². The van der Waals surface area contributed by atoms with E-state index in [0.717, 1.165) is 12.8 Å². The number of halogens is 1. The number of hydrogen-bond donors (Lipinski definition) is 1. The number of nitrogens with one attached hydrogen (secondary N) is 1. The Morgan fingerprint density at radius 1 is 1.32 bits per heavy atom. The highest BCUT2D eigenvalue weighted by molar-refractivity contribution is 5.58. The van der Waals surface area contributed by atoms with Gasteiger partial charge < -0.3 is 5.32 Å². The third kappa shape index (κ3) is 3.47. The number of benzene rings is 1. The molecule has 2 rings (SSSR count). The van der Waals surface area contributed by atoms with Gasteiger partial charge >= 0.3 is 0 Å². The summed E-state index contributed by atoms with van der Waals surface area (Å²) in [6.07, 6.45) is 5.75. The predicted molar refractivity (Wildman–Crippen MR) is 75.4 cm³/mol. The lowest BCUT2D eigenvalue weighted by molar-refractivity contribution is 0.313. The zero-order valence-corrected chi connectivity index (χ0v) is 11.7. The molecule has 1 aliphatic carbocycles. The molecule has 1 unspecified atom stereocenters. The summed E-state index contributed by atoms with van der Waals surface area (Å²) < 4.78 is 13.5. The maximum Gasteiger partial charge on any atom is 0.143 e. The molecule has 0 spiro atoms. The van der Waals surface area contributed by atoms with Crippen LogP contribution in [0.5, 0.6) is 0 Å². The summed E-state index contributed by atoms with van der Waals surface area (Å²) in [5, 5.41) is 12.4. The van der Waals surface area contributed by atoms with Crippen molar-refractivity contribution < 1.29 is 4.39 Å². The number of hydrogen-bond acceptors (Lipinski definition) is 2. The molecule has 19 heavy (non-hydrogen) atoms. The molecule has 1 aromatic carbocycles. The molecule has 102 valence electrons. The molecular weight excluding hydrogens is 239 g/mol. The van der Waals surface area contributed by atoms with Crippen molar-refractivity contribution in [3.8, 4) is 6.07 Å². The lowest BCUT2D eigenvalue weighted by Crippen LogP contribution is -2.20. The molecule has 0 amide bonds. The van der Waals surface area contributed by atoms with Crippen LogP contribution in [0.1, 0.15) is 51.5 Å². The monoisotopic (exact) mass is 260 g/mol. The quantitative estimate of drug-likeness (QED) is 0.796. The normalized spacial score (nSPS) is 22.3. The van der Waals surface area contributed by atoms with Gasteiger partial charge in [-0.2, -0.15) is 5.26 Å². The molecule has 1 fully saturated rings. The Kier molecular flexibility index (Phi) is 4.09. The maximum atomic E-state index is 13.5. The van der Waals surface area contributed by atoms with Crippen LogP contribution in [0.2, 0.25) is 0 Å². The van der Waals surface area contributed by atoms with Crippen molar-refractivity contribution in [3.63, 3.8) is 0 Å². The van der Waals surface area contributed by atoms with Crippen LogP contribution >= 0.6 is 0 Å². The van der Waals surface area contributed by atoms with Crippen LogP contribution in [0.25, 0.3) is 0 Å². The minimum absolute atomic E-state index is 0.131. The fourth-order valence-electron chi connectivity index (χ4n) is 2.78. The van der Waals surface area contributed by atoms with Crippen LogP contribution < -0.4 is 5.32 Å². The maximum absolute atomic E-state index is 13.5. The van der Waals surface area contributed by atoms with E-state index in [0.29, 0.717) is 17.1 Å². The van der Waals surface area contributed by atoms with Crippen LogP contribution in [0.15, 0.2) is 18.2 Å². The standard InChI is InChI=1S/C16H21FN2/c1-16(2)9-4-5-12(8-10-16)19-15-7-3-6-14(17)13(15)11-18/h3,6-7,12,19H,4-5,8-10H2,1-2H3. The van der Waals surface area contributed by atoms with Gasteiger partial charge in [0, 0.05) is 6.04 Å².